The quantitative estimate of drug-likeness (QED) is 0.592. The molecule has 164 valence electrons. The van der Waals surface area contributed by atoms with E-state index in [9.17, 15) is 9.90 Å². The Labute approximate surface area is 178 Å². The molecule has 5 aliphatic carbocycles. The lowest BCUT2D eigenvalue weighted by atomic mass is 9.42. The van der Waals surface area contributed by atoms with Crippen molar-refractivity contribution >= 4 is 5.78 Å². The van der Waals surface area contributed by atoms with Gasteiger partial charge in [0.15, 0.2) is 0 Å². The minimum Gasteiger partial charge on any atom is -0.396 e. The maximum absolute atomic E-state index is 12.8. The van der Waals surface area contributed by atoms with E-state index in [1.807, 2.05) is 0 Å². The van der Waals surface area contributed by atoms with Crippen molar-refractivity contribution in [2.75, 3.05) is 6.61 Å². The second-order valence-corrected chi connectivity index (χ2v) is 13.1. The third-order valence-electron chi connectivity index (χ3n) is 12.4. The molecule has 0 unspecified atom stereocenters. The van der Waals surface area contributed by atoms with Gasteiger partial charge in [-0.05, 0) is 110 Å². The number of hydrogen-bond donors (Lipinski definition) is 1. The molecule has 0 saturated heterocycles. The molecule has 2 heteroatoms. The number of fused-ring (bicyclic) bond motifs is 2. The number of aliphatic hydroxyl groups excluding tert-OH is 1. The SMILES string of the molecule is C[C@H](CCCO)[C@H]1CC[C@@]2(C)[C@@H]3CC[C@H]4C(C)(C)C(=O)CC[C@@]45C[C@@]35CC[C@]12C. The van der Waals surface area contributed by atoms with Crippen LogP contribution < -0.4 is 0 Å². The molecule has 0 amide bonds. The van der Waals surface area contributed by atoms with Crippen LogP contribution >= 0.6 is 0 Å². The standard InChI is InChI=1S/C27H44O2/c1-18(7-6-16-28)19-10-12-25(5)21-9-8-20-23(2,3)22(29)11-13-26(20)17-27(21,26)15-14-24(19,25)4/h18-21,28H,6-17H2,1-5H3/t18-,19-,20+,21+,24-,25+,26-,27+/m1/s1. The average Bonchev–Trinajstić information content (AvgIpc) is 3.26. The second-order valence-electron chi connectivity index (χ2n) is 13.1. The molecule has 0 aromatic rings. The van der Waals surface area contributed by atoms with Crippen molar-refractivity contribution in [3.05, 3.63) is 0 Å². The summed E-state index contributed by atoms with van der Waals surface area (Å²) >= 11 is 0. The monoisotopic (exact) mass is 400 g/mol. The van der Waals surface area contributed by atoms with E-state index in [2.05, 4.69) is 34.6 Å². The lowest BCUT2D eigenvalue weighted by Crippen LogP contribution is -2.57. The van der Waals surface area contributed by atoms with E-state index in [4.69, 9.17) is 0 Å². The van der Waals surface area contributed by atoms with Gasteiger partial charge in [-0.15, -0.1) is 0 Å². The highest BCUT2D eigenvalue weighted by Crippen LogP contribution is 2.88. The first-order valence-electron chi connectivity index (χ1n) is 12.7. The molecule has 0 bridgehead atoms. The van der Waals surface area contributed by atoms with Gasteiger partial charge in [-0.25, -0.2) is 0 Å². The molecule has 1 N–H and O–H groups in total. The third kappa shape index (κ3) is 2.26. The van der Waals surface area contributed by atoms with Crippen LogP contribution in [0.2, 0.25) is 0 Å². The van der Waals surface area contributed by atoms with Crippen molar-refractivity contribution in [1.29, 1.82) is 0 Å². The summed E-state index contributed by atoms with van der Waals surface area (Å²) in [6.07, 6.45) is 13.9. The molecule has 5 fully saturated rings. The molecular formula is C27H44O2. The number of rotatable bonds is 4. The van der Waals surface area contributed by atoms with Gasteiger partial charge in [0, 0.05) is 18.4 Å². The van der Waals surface area contributed by atoms with Crippen molar-refractivity contribution in [3.63, 3.8) is 0 Å². The topological polar surface area (TPSA) is 37.3 Å². The highest BCUT2D eigenvalue weighted by molar-refractivity contribution is 5.86. The molecular weight excluding hydrogens is 356 g/mol. The van der Waals surface area contributed by atoms with E-state index in [-0.39, 0.29) is 5.41 Å². The van der Waals surface area contributed by atoms with Gasteiger partial charge in [0.05, 0.1) is 0 Å². The van der Waals surface area contributed by atoms with E-state index in [1.165, 1.54) is 57.8 Å². The van der Waals surface area contributed by atoms with E-state index < -0.39 is 0 Å². The summed E-state index contributed by atoms with van der Waals surface area (Å²) < 4.78 is 0. The first-order chi connectivity index (χ1) is 13.6. The molecule has 0 radical (unpaired) electrons. The number of carbonyl (C=O) groups is 1. The molecule has 29 heavy (non-hydrogen) atoms. The predicted octanol–water partition coefficient (Wildman–Crippen LogP) is 6.40. The summed E-state index contributed by atoms with van der Waals surface area (Å²) in [5.41, 5.74) is 1.91. The number of hydrogen-bond acceptors (Lipinski definition) is 2. The lowest BCUT2D eigenvalue weighted by molar-refractivity contribution is -0.157. The molecule has 0 aromatic carbocycles. The number of carbonyl (C=O) groups excluding carboxylic acids is 1. The van der Waals surface area contributed by atoms with Crippen LogP contribution in [0.15, 0.2) is 0 Å². The highest BCUT2D eigenvalue weighted by Gasteiger charge is 2.82. The summed E-state index contributed by atoms with van der Waals surface area (Å²) in [7, 11) is 0. The van der Waals surface area contributed by atoms with E-state index in [0.717, 1.165) is 30.6 Å². The maximum atomic E-state index is 12.8. The third-order valence-corrected chi connectivity index (χ3v) is 12.4. The Balaban J connectivity index is 1.46. The zero-order chi connectivity index (χ0) is 20.9. The van der Waals surface area contributed by atoms with Crippen LogP contribution in [0.5, 0.6) is 0 Å². The summed E-state index contributed by atoms with van der Waals surface area (Å²) in [6.45, 7) is 12.7. The molecule has 8 atom stereocenters. The Morgan fingerprint density at radius 1 is 0.931 bits per heavy atom. The second kappa shape index (κ2) is 6.11. The van der Waals surface area contributed by atoms with Gasteiger partial charge in [0.25, 0.3) is 0 Å². The van der Waals surface area contributed by atoms with Gasteiger partial charge in [0.1, 0.15) is 5.78 Å². The summed E-state index contributed by atoms with van der Waals surface area (Å²) in [4.78, 5) is 12.8. The normalized spacial score (nSPS) is 53.4. The lowest BCUT2D eigenvalue weighted by Gasteiger charge is -2.62. The summed E-state index contributed by atoms with van der Waals surface area (Å²) in [6, 6.07) is 0. The van der Waals surface area contributed by atoms with Crippen LogP contribution in [0.3, 0.4) is 0 Å². The Morgan fingerprint density at radius 3 is 2.34 bits per heavy atom. The summed E-state index contributed by atoms with van der Waals surface area (Å²) in [5, 5.41) is 9.35. The van der Waals surface area contributed by atoms with Gasteiger partial charge in [-0.1, -0.05) is 34.6 Å². The van der Waals surface area contributed by atoms with E-state index in [1.54, 1.807) is 0 Å². The Hall–Kier alpha value is -0.370. The average molecular weight is 401 g/mol. The molecule has 0 aromatic heterocycles. The summed E-state index contributed by atoms with van der Waals surface area (Å²) in [5.74, 6) is 3.62. The van der Waals surface area contributed by atoms with Gasteiger partial charge < -0.3 is 5.11 Å². The number of Topliss-reactive ketones (excluding diaryl/α,β-unsaturated/α-hetero) is 1. The van der Waals surface area contributed by atoms with Crippen LogP contribution in [-0.4, -0.2) is 17.5 Å². The van der Waals surface area contributed by atoms with Crippen LogP contribution in [0.4, 0.5) is 0 Å². The van der Waals surface area contributed by atoms with Crippen LogP contribution in [0.25, 0.3) is 0 Å². The molecule has 0 heterocycles. The minimum atomic E-state index is -0.0919. The molecule has 5 saturated carbocycles. The van der Waals surface area contributed by atoms with Crippen LogP contribution in [0, 0.1) is 50.7 Å². The first kappa shape index (κ1) is 20.5. The van der Waals surface area contributed by atoms with Crippen molar-refractivity contribution in [1.82, 2.24) is 0 Å². The van der Waals surface area contributed by atoms with Gasteiger partial charge in [-0.3, -0.25) is 4.79 Å². The fourth-order valence-corrected chi connectivity index (χ4v) is 10.7. The Bertz CT molecular complexity index is 711. The van der Waals surface area contributed by atoms with Gasteiger partial charge in [0.2, 0.25) is 0 Å². The van der Waals surface area contributed by atoms with Crippen LogP contribution in [0.1, 0.15) is 105 Å². The largest absolute Gasteiger partial charge is 0.396 e. The fraction of sp³-hybridized carbons (Fsp3) is 0.963. The zero-order valence-electron chi connectivity index (χ0n) is 19.7. The van der Waals surface area contributed by atoms with Crippen molar-refractivity contribution in [2.45, 2.75) is 105 Å². The molecule has 5 rings (SSSR count). The number of ketones is 1. The predicted molar refractivity (Wildman–Crippen MR) is 117 cm³/mol. The van der Waals surface area contributed by atoms with E-state index in [0.29, 0.717) is 40.0 Å². The van der Waals surface area contributed by atoms with Gasteiger partial charge >= 0.3 is 0 Å². The molecule has 2 nitrogen and oxygen atoms in total. The van der Waals surface area contributed by atoms with Gasteiger partial charge in [-0.2, -0.15) is 0 Å². The maximum Gasteiger partial charge on any atom is 0.138 e. The van der Waals surface area contributed by atoms with Crippen molar-refractivity contribution < 1.29 is 9.90 Å². The first-order valence-corrected chi connectivity index (χ1v) is 12.7. The molecule has 5 aliphatic rings. The molecule has 2 spiro atoms. The fourth-order valence-electron chi connectivity index (χ4n) is 10.7. The highest BCUT2D eigenvalue weighted by atomic mass is 16.2. The Morgan fingerprint density at radius 2 is 1.62 bits per heavy atom. The van der Waals surface area contributed by atoms with Crippen LogP contribution in [-0.2, 0) is 4.79 Å². The van der Waals surface area contributed by atoms with E-state index >= 15 is 0 Å². The number of aliphatic hydroxyl groups is 1. The smallest absolute Gasteiger partial charge is 0.138 e. The minimum absolute atomic E-state index is 0.0919. The van der Waals surface area contributed by atoms with Crippen molar-refractivity contribution in [3.8, 4) is 0 Å². The van der Waals surface area contributed by atoms with Crippen molar-refractivity contribution in [2.24, 2.45) is 50.7 Å². The Kier molecular flexibility index (Phi) is 4.32. The molecule has 0 aliphatic heterocycles. The zero-order valence-corrected chi connectivity index (χ0v) is 19.7.